The van der Waals surface area contributed by atoms with Gasteiger partial charge in [-0.2, -0.15) is 13.2 Å². The summed E-state index contributed by atoms with van der Waals surface area (Å²) in [6.07, 6.45) is -3.17. The van der Waals surface area contributed by atoms with Gasteiger partial charge in [0.1, 0.15) is 18.0 Å². The van der Waals surface area contributed by atoms with Crippen molar-refractivity contribution in [1.82, 2.24) is 9.88 Å². The molecular weight excluding hydrogens is 321 g/mol. The monoisotopic (exact) mass is 334 g/mol. The molecule has 2 aromatic heterocycles. The molecule has 0 fully saturated rings. The second-order valence-electron chi connectivity index (χ2n) is 5.24. The number of benzene rings is 1. The minimum atomic E-state index is -4.51. The second-order valence-corrected chi connectivity index (χ2v) is 5.24. The number of alkyl halides is 3. The predicted molar refractivity (Wildman–Crippen MR) is 81.2 cm³/mol. The molecule has 2 heterocycles. The van der Waals surface area contributed by atoms with Crippen molar-refractivity contribution in [3.63, 3.8) is 0 Å². The standard InChI is InChI=1S/C17H13F3N2O2/c18-17(19,20)11-22(10-13-5-3-9-24-13)16(23)15-8-7-12-4-1-2-6-14(12)21-15/h1-9H,10-11H2. The lowest BCUT2D eigenvalue weighted by Gasteiger charge is -2.22. The molecule has 0 N–H and O–H groups in total. The molecular formula is C17H13F3N2O2. The number of hydrogen-bond donors (Lipinski definition) is 0. The smallest absolute Gasteiger partial charge is 0.406 e. The van der Waals surface area contributed by atoms with E-state index in [-0.39, 0.29) is 18.0 Å². The summed E-state index contributed by atoms with van der Waals surface area (Å²) < 4.78 is 43.5. The van der Waals surface area contributed by atoms with Crippen molar-refractivity contribution in [2.24, 2.45) is 0 Å². The first kappa shape index (κ1) is 16.0. The van der Waals surface area contributed by atoms with Gasteiger partial charge in [0.2, 0.25) is 0 Å². The first-order chi connectivity index (χ1) is 11.4. The molecule has 0 spiro atoms. The van der Waals surface area contributed by atoms with Crippen molar-refractivity contribution in [3.05, 3.63) is 66.2 Å². The van der Waals surface area contributed by atoms with Gasteiger partial charge in [0.05, 0.1) is 18.3 Å². The molecule has 1 amide bonds. The van der Waals surface area contributed by atoms with E-state index < -0.39 is 18.6 Å². The van der Waals surface area contributed by atoms with Crippen LogP contribution < -0.4 is 0 Å². The molecule has 0 bridgehead atoms. The maximum absolute atomic E-state index is 12.8. The Balaban J connectivity index is 1.90. The lowest BCUT2D eigenvalue weighted by atomic mass is 10.2. The number of amides is 1. The number of aromatic nitrogens is 1. The first-order valence-electron chi connectivity index (χ1n) is 7.16. The molecule has 0 saturated heterocycles. The molecule has 1 aromatic carbocycles. The van der Waals surface area contributed by atoms with Crippen LogP contribution in [-0.4, -0.2) is 28.5 Å². The fraction of sp³-hybridized carbons (Fsp3) is 0.176. The van der Waals surface area contributed by atoms with Gasteiger partial charge in [-0.25, -0.2) is 4.98 Å². The Morgan fingerprint density at radius 2 is 1.88 bits per heavy atom. The summed E-state index contributed by atoms with van der Waals surface area (Å²) in [7, 11) is 0. The van der Waals surface area contributed by atoms with E-state index in [1.807, 2.05) is 12.1 Å². The maximum Gasteiger partial charge on any atom is 0.406 e. The van der Waals surface area contributed by atoms with E-state index in [1.54, 1.807) is 24.3 Å². The lowest BCUT2D eigenvalue weighted by Crippen LogP contribution is -2.38. The molecule has 7 heteroatoms. The average Bonchev–Trinajstić information content (AvgIpc) is 3.05. The largest absolute Gasteiger partial charge is 0.467 e. The number of hydrogen-bond acceptors (Lipinski definition) is 3. The highest BCUT2D eigenvalue weighted by molar-refractivity contribution is 5.94. The fourth-order valence-corrected chi connectivity index (χ4v) is 2.35. The fourth-order valence-electron chi connectivity index (χ4n) is 2.35. The minimum Gasteiger partial charge on any atom is -0.467 e. The van der Waals surface area contributed by atoms with Crippen molar-refractivity contribution in [3.8, 4) is 0 Å². The highest BCUT2D eigenvalue weighted by Crippen LogP contribution is 2.21. The van der Waals surface area contributed by atoms with Crippen LogP contribution in [0, 0.1) is 0 Å². The zero-order valence-electron chi connectivity index (χ0n) is 12.5. The summed E-state index contributed by atoms with van der Waals surface area (Å²) in [5.74, 6) is -0.525. The van der Waals surface area contributed by atoms with Crippen LogP contribution in [0.3, 0.4) is 0 Å². The zero-order valence-corrected chi connectivity index (χ0v) is 12.5. The Kier molecular flexibility index (Phi) is 4.24. The van der Waals surface area contributed by atoms with Gasteiger partial charge in [0.15, 0.2) is 0 Å². The van der Waals surface area contributed by atoms with Crippen LogP contribution in [0.15, 0.2) is 59.2 Å². The average molecular weight is 334 g/mol. The van der Waals surface area contributed by atoms with Crippen molar-refractivity contribution in [2.75, 3.05) is 6.54 Å². The topological polar surface area (TPSA) is 46.3 Å². The molecule has 0 atom stereocenters. The highest BCUT2D eigenvalue weighted by atomic mass is 19.4. The van der Waals surface area contributed by atoms with Crippen LogP contribution in [-0.2, 0) is 6.54 Å². The Labute approximate surface area is 135 Å². The van der Waals surface area contributed by atoms with Crippen LogP contribution in [0.1, 0.15) is 16.2 Å². The van der Waals surface area contributed by atoms with Crippen molar-refractivity contribution in [1.29, 1.82) is 0 Å². The Morgan fingerprint density at radius 1 is 1.08 bits per heavy atom. The van der Waals surface area contributed by atoms with Crippen LogP contribution in [0.2, 0.25) is 0 Å². The van der Waals surface area contributed by atoms with Gasteiger partial charge in [-0.15, -0.1) is 0 Å². The Morgan fingerprint density at radius 3 is 2.58 bits per heavy atom. The maximum atomic E-state index is 12.8. The molecule has 0 aliphatic heterocycles. The summed E-state index contributed by atoms with van der Waals surface area (Å²) in [5, 5.41) is 0.808. The van der Waals surface area contributed by atoms with E-state index in [1.165, 1.54) is 18.4 Å². The number of fused-ring (bicyclic) bond motifs is 1. The number of para-hydroxylation sites is 1. The molecule has 24 heavy (non-hydrogen) atoms. The van der Waals surface area contributed by atoms with E-state index in [2.05, 4.69) is 4.98 Å². The lowest BCUT2D eigenvalue weighted by molar-refractivity contribution is -0.142. The SMILES string of the molecule is O=C(c1ccc2ccccc2n1)N(Cc1ccco1)CC(F)(F)F. The summed E-state index contributed by atoms with van der Waals surface area (Å²) >= 11 is 0. The molecule has 4 nitrogen and oxygen atoms in total. The molecule has 124 valence electrons. The quantitative estimate of drug-likeness (QED) is 0.724. The van der Waals surface area contributed by atoms with E-state index in [9.17, 15) is 18.0 Å². The van der Waals surface area contributed by atoms with Crippen LogP contribution in [0.4, 0.5) is 13.2 Å². The van der Waals surface area contributed by atoms with Crippen molar-refractivity contribution < 1.29 is 22.4 Å². The Bertz CT molecular complexity index is 844. The summed E-state index contributed by atoms with van der Waals surface area (Å²) in [6, 6.07) is 13.2. The zero-order chi connectivity index (χ0) is 17.2. The Hall–Kier alpha value is -2.83. The van der Waals surface area contributed by atoms with Crippen LogP contribution in [0.25, 0.3) is 10.9 Å². The number of nitrogens with zero attached hydrogens (tertiary/aromatic N) is 2. The third-order valence-electron chi connectivity index (χ3n) is 3.40. The van der Waals surface area contributed by atoms with E-state index >= 15 is 0 Å². The predicted octanol–water partition coefficient (Wildman–Crippen LogP) is 4.03. The van der Waals surface area contributed by atoms with Crippen molar-refractivity contribution in [2.45, 2.75) is 12.7 Å². The summed E-state index contributed by atoms with van der Waals surface area (Å²) in [4.78, 5) is 17.4. The molecule has 0 aliphatic rings. The van der Waals surface area contributed by atoms with Gasteiger partial charge in [0.25, 0.3) is 5.91 Å². The molecule has 0 unspecified atom stereocenters. The van der Waals surface area contributed by atoms with Crippen molar-refractivity contribution >= 4 is 16.8 Å². The van der Waals surface area contributed by atoms with Crippen LogP contribution >= 0.6 is 0 Å². The second kappa shape index (κ2) is 6.35. The van der Waals surface area contributed by atoms with Crippen LogP contribution in [0.5, 0.6) is 0 Å². The molecule has 0 saturated carbocycles. The third kappa shape index (κ3) is 3.73. The summed E-state index contributed by atoms with van der Waals surface area (Å²) in [6.45, 7) is -1.65. The van der Waals surface area contributed by atoms with E-state index in [4.69, 9.17) is 4.42 Å². The molecule has 3 aromatic rings. The number of rotatable bonds is 4. The summed E-state index contributed by atoms with van der Waals surface area (Å²) in [5.41, 5.74) is 0.512. The number of furan rings is 1. The molecule has 0 aliphatic carbocycles. The van der Waals surface area contributed by atoms with Gasteiger partial charge in [0, 0.05) is 5.39 Å². The first-order valence-corrected chi connectivity index (χ1v) is 7.16. The van der Waals surface area contributed by atoms with Gasteiger partial charge in [-0.3, -0.25) is 4.79 Å². The minimum absolute atomic E-state index is 0.0375. The number of carbonyl (C=O) groups is 1. The normalized spacial score (nSPS) is 11.6. The van der Waals surface area contributed by atoms with Gasteiger partial charge in [-0.05, 0) is 24.3 Å². The third-order valence-corrected chi connectivity index (χ3v) is 3.40. The number of carbonyl (C=O) groups excluding carboxylic acids is 1. The van der Waals surface area contributed by atoms with E-state index in [0.29, 0.717) is 10.4 Å². The molecule has 0 radical (unpaired) electrons. The number of pyridine rings is 1. The highest BCUT2D eigenvalue weighted by Gasteiger charge is 2.34. The molecule has 3 rings (SSSR count). The van der Waals surface area contributed by atoms with Gasteiger partial charge < -0.3 is 9.32 Å². The van der Waals surface area contributed by atoms with Gasteiger partial charge in [-0.1, -0.05) is 24.3 Å². The van der Waals surface area contributed by atoms with E-state index in [0.717, 1.165) is 5.39 Å². The number of halogens is 3. The van der Waals surface area contributed by atoms with Gasteiger partial charge >= 0.3 is 6.18 Å².